The molecule has 2 aliphatic heterocycles. The molecule has 112 valence electrons. The largest absolute Gasteiger partial charge is 0.493 e. The summed E-state index contributed by atoms with van der Waals surface area (Å²) < 4.78 is 12.0. The maximum absolute atomic E-state index is 7.88. The van der Waals surface area contributed by atoms with Gasteiger partial charge in [-0.2, -0.15) is 0 Å². The first-order chi connectivity index (χ1) is 10.2. The second kappa shape index (κ2) is 4.29. The highest BCUT2D eigenvalue weighted by atomic mass is 16.5. The van der Waals surface area contributed by atoms with E-state index in [9.17, 15) is 0 Å². The van der Waals surface area contributed by atoms with E-state index in [1.807, 2.05) is 17.0 Å². The predicted molar refractivity (Wildman–Crippen MR) is 80.0 cm³/mol. The molecule has 1 aromatic rings. The average Bonchev–Trinajstić information content (AvgIpc) is 2.96. The molecule has 3 aliphatic rings. The van der Waals surface area contributed by atoms with Crippen molar-refractivity contribution in [3.8, 4) is 11.5 Å². The van der Waals surface area contributed by atoms with Gasteiger partial charge in [-0.25, -0.2) is 0 Å². The number of rotatable bonds is 1. The Bertz CT molecular complexity index is 603. The van der Waals surface area contributed by atoms with Crippen molar-refractivity contribution in [2.75, 3.05) is 13.7 Å². The van der Waals surface area contributed by atoms with Gasteiger partial charge in [0.05, 0.1) is 13.2 Å². The summed E-state index contributed by atoms with van der Waals surface area (Å²) in [6.45, 7) is 0.778. The zero-order valence-corrected chi connectivity index (χ0v) is 12.3. The molecule has 2 heterocycles. The van der Waals surface area contributed by atoms with Crippen molar-refractivity contribution in [1.29, 1.82) is 5.41 Å². The lowest BCUT2D eigenvalue weighted by atomic mass is 9.74. The van der Waals surface area contributed by atoms with E-state index < -0.39 is 0 Å². The van der Waals surface area contributed by atoms with Crippen molar-refractivity contribution in [3.05, 3.63) is 23.8 Å². The molecule has 1 saturated carbocycles. The third kappa shape index (κ3) is 1.54. The van der Waals surface area contributed by atoms with Crippen molar-refractivity contribution < 1.29 is 9.47 Å². The summed E-state index contributed by atoms with van der Waals surface area (Å²) in [5.41, 5.74) is 6.80. The minimum Gasteiger partial charge on any atom is -0.493 e. The van der Waals surface area contributed by atoms with Gasteiger partial charge < -0.3 is 20.1 Å². The molecule has 3 atom stereocenters. The van der Waals surface area contributed by atoms with Crippen LogP contribution in [0, 0.1) is 5.41 Å². The second-order valence-corrected chi connectivity index (χ2v) is 6.29. The number of nitrogens with zero attached hydrogens (tertiary/aromatic N) is 1. The third-order valence-corrected chi connectivity index (χ3v) is 5.41. The maximum atomic E-state index is 7.88. The first-order valence-corrected chi connectivity index (χ1v) is 7.64. The highest BCUT2D eigenvalue weighted by Crippen LogP contribution is 2.58. The molecule has 0 unspecified atom stereocenters. The Kier molecular flexibility index (Phi) is 2.62. The molecule has 1 aromatic carbocycles. The van der Waals surface area contributed by atoms with Crippen LogP contribution in [0.3, 0.4) is 0 Å². The number of methoxy groups -OCH3 is 1. The highest BCUT2D eigenvalue weighted by molar-refractivity contribution is 5.76. The van der Waals surface area contributed by atoms with E-state index >= 15 is 0 Å². The molecule has 0 bridgehead atoms. The number of guanidine groups is 1. The summed E-state index contributed by atoms with van der Waals surface area (Å²) in [5, 5.41) is 7.88. The van der Waals surface area contributed by atoms with E-state index in [0.717, 1.165) is 30.9 Å². The number of ether oxygens (including phenoxy) is 2. The number of benzene rings is 1. The number of hydrogen-bond acceptors (Lipinski definition) is 3. The highest BCUT2D eigenvalue weighted by Gasteiger charge is 2.62. The topological polar surface area (TPSA) is 71.6 Å². The molecule has 4 rings (SSSR count). The van der Waals surface area contributed by atoms with E-state index in [1.165, 1.54) is 18.4 Å². The van der Waals surface area contributed by atoms with Crippen molar-refractivity contribution in [3.63, 3.8) is 0 Å². The summed E-state index contributed by atoms with van der Waals surface area (Å²) in [4.78, 5) is 2.03. The Morgan fingerprint density at radius 3 is 3.10 bits per heavy atom. The average molecular weight is 287 g/mol. The van der Waals surface area contributed by atoms with E-state index in [-0.39, 0.29) is 23.5 Å². The fourth-order valence-electron chi connectivity index (χ4n) is 4.54. The molecule has 1 spiro atoms. The van der Waals surface area contributed by atoms with Crippen LogP contribution in [0.1, 0.15) is 37.2 Å². The van der Waals surface area contributed by atoms with Gasteiger partial charge >= 0.3 is 0 Å². The van der Waals surface area contributed by atoms with E-state index in [0.29, 0.717) is 0 Å². The normalized spacial score (nSPS) is 32.9. The zero-order valence-electron chi connectivity index (χ0n) is 12.3. The van der Waals surface area contributed by atoms with Gasteiger partial charge in [-0.15, -0.1) is 0 Å². The Labute approximate surface area is 124 Å². The Hall–Kier alpha value is -1.91. The molecule has 3 N–H and O–H groups in total. The molecule has 2 fully saturated rings. The molecular formula is C16H21N3O2. The number of fused-ring (bicyclic) bond motifs is 2. The van der Waals surface area contributed by atoms with Crippen LogP contribution in [0.5, 0.6) is 11.5 Å². The fourth-order valence-corrected chi connectivity index (χ4v) is 4.54. The summed E-state index contributed by atoms with van der Waals surface area (Å²) in [6.07, 6.45) is 4.44. The van der Waals surface area contributed by atoms with Crippen LogP contribution in [0.15, 0.2) is 18.2 Å². The molecular weight excluding hydrogens is 266 g/mol. The lowest BCUT2D eigenvalue weighted by Crippen LogP contribution is -2.53. The Morgan fingerprint density at radius 2 is 2.33 bits per heavy atom. The molecule has 1 aliphatic carbocycles. The first kappa shape index (κ1) is 12.8. The van der Waals surface area contributed by atoms with Gasteiger partial charge in [0, 0.05) is 18.0 Å². The van der Waals surface area contributed by atoms with Crippen molar-refractivity contribution in [2.24, 2.45) is 5.73 Å². The molecule has 5 nitrogen and oxygen atoms in total. The zero-order chi connectivity index (χ0) is 14.6. The number of nitrogens with one attached hydrogen (secondary N) is 1. The molecule has 21 heavy (non-hydrogen) atoms. The van der Waals surface area contributed by atoms with Gasteiger partial charge in [-0.3, -0.25) is 5.41 Å². The standard InChI is InChI=1S/C16H21N3O2/c1-20-12-6-4-5-10-11-9-19(15(17)18)13-7-2-3-8-16(11,13)21-14(10)12/h4-6,11,13H,2-3,7-9H2,1H3,(H3,17,18)/t11-,13-,16-/m0/s1. The van der Waals surface area contributed by atoms with E-state index in [1.54, 1.807) is 7.11 Å². The third-order valence-electron chi connectivity index (χ3n) is 5.41. The van der Waals surface area contributed by atoms with Gasteiger partial charge in [0.15, 0.2) is 17.5 Å². The van der Waals surface area contributed by atoms with E-state index in [4.69, 9.17) is 20.6 Å². The van der Waals surface area contributed by atoms with Gasteiger partial charge in [0.2, 0.25) is 0 Å². The van der Waals surface area contributed by atoms with Crippen LogP contribution in [0.2, 0.25) is 0 Å². The van der Waals surface area contributed by atoms with Gasteiger partial charge in [-0.05, 0) is 25.3 Å². The molecule has 5 heteroatoms. The van der Waals surface area contributed by atoms with Crippen molar-refractivity contribution >= 4 is 5.96 Å². The van der Waals surface area contributed by atoms with Gasteiger partial charge in [0.25, 0.3) is 0 Å². The monoisotopic (exact) mass is 287 g/mol. The smallest absolute Gasteiger partial charge is 0.188 e. The minimum absolute atomic E-state index is 0.170. The quantitative estimate of drug-likeness (QED) is 0.612. The van der Waals surface area contributed by atoms with Gasteiger partial charge in [-0.1, -0.05) is 18.6 Å². The predicted octanol–water partition coefficient (Wildman–Crippen LogP) is 2.06. The SMILES string of the molecule is COc1cccc2c1O[C@]13CCCC[C@@H]1N(C(=N)N)C[C@@H]23. The lowest BCUT2D eigenvalue weighted by Gasteiger charge is -2.40. The second-order valence-electron chi connectivity index (χ2n) is 6.29. The lowest BCUT2D eigenvalue weighted by molar-refractivity contribution is 0.0150. The Balaban J connectivity index is 1.82. The van der Waals surface area contributed by atoms with Crippen LogP contribution in [0.25, 0.3) is 0 Å². The fraction of sp³-hybridized carbons (Fsp3) is 0.562. The van der Waals surface area contributed by atoms with Crippen molar-refractivity contribution in [1.82, 2.24) is 4.90 Å². The number of nitrogens with two attached hydrogens (primary N) is 1. The van der Waals surface area contributed by atoms with Crippen LogP contribution in [0.4, 0.5) is 0 Å². The summed E-state index contributed by atoms with van der Waals surface area (Å²) in [7, 11) is 1.69. The van der Waals surface area contributed by atoms with Crippen LogP contribution >= 0.6 is 0 Å². The maximum Gasteiger partial charge on any atom is 0.188 e. The molecule has 1 saturated heterocycles. The molecule has 0 aromatic heterocycles. The van der Waals surface area contributed by atoms with Crippen LogP contribution in [-0.4, -0.2) is 36.2 Å². The molecule has 0 amide bonds. The van der Waals surface area contributed by atoms with E-state index in [2.05, 4.69) is 6.07 Å². The summed E-state index contributed by atoms with van der Waals surface area (Å²) >= 11 is 0. The van der Waals surface area contributed by atoms with Crippen LogP contribution in [-0.2, 0) is 0 Å². The molecule has 0 radical (unpaired) electrons. The number of likely N-dealkylation sites (tertiary alicyclic amines) is 1. The number of para-hydroxylation sites is 1. The number of hydrogen-bond donors (Lipinski definition) is 2. The Morgan fingerprint density at radius 1 is 1.48 bits per heavy atom. The van der Waals surface area contributed by atoms with Crippen molar-refractivity contribution in [2.45, 2.75) is 43.2 Å². The summed E-state index contributed by atoms with van der Waals surface area (Å²) in [6, 6.07) is 6.32. The van der Waals surface area contributed by atoms with Gasteiger partial charge in [0.1, 0.15) is 5.60 Å². The summed E-state index contributed by atoms with van der Waals surface area (Å²) in [5.74, 6) is 2.18. The minimum atomic E-state index is -0.221. The van der Waals surface area contributed by atoms with Crippen LogP contribution < -0.4 is 15.2 Å². The first-order valence-electron chi connectivity index (χ1n) is 7.64.